The molecule has 4 rings (SSSR count). The van der Waals surface area contributed by atoms with Crippen LogP contribution < -0.4 is 5.32 Å². The summed E-state index contributed by atoms with van der Waals surface area (Å²) in [5.74, 6) is -0.552. The molecule has 0 bridgehead atoms. The van der Waals surface area contributed by atoms with Gasteiger partial charge in [-0.2, -0.15) is 0 Å². The smallest absolute Gasteiger partial charge is 0.298 e. The maximum absolute atomic E-state index is 13.1. The van der Waals surface area contributed by atoms with Gasteiger partial charge in [0, 0.05) is 43.6 Å². The van der Waals surface area contributed by atoms with Crippen molar-refractivity contribution in [2.75, 3.05) is 18.4 Å². The summed E-state index contributed by atoms with van der Waals surface area (Å²) in [6.07, 6.45) is 6.00. The van der Waals surface area contributed by atoms with Gasteiger partial charge < -0.3 is 9.84 Å². The van der Waals surface area contributed by atoms with E-state index in [-0.39, 0.29) is 29.4 Å². The lowest BCUT2D eigenvalue weighted by molar-refractivity contribution is 0.0691. The fourth-order valence-electron chi connectivity index (χ4n) is 3.94. The lowest BCUT2D eigenvalue weighted by Gasteiger charge is -2.37. The molecule has 2 N–H and O–H groups in total. The molecule has 1 aliphatic heterocycles. The number of halogens is 1. The second-order valence-electron chi connectivity index (χ2n) is 7.91. The number of piperidine rings is 1. The van der Waals surface area contributed by atoms with E-state index in [9.17, 15) is 9.18 Å². The summed E-state index contributed by atoms with van der Waals surface area (Å²) in [5, 5.41) is 15.2. The van der Waals surface area contributed by atoms with E-state index in [0.717, 1.165) is 32.5 Å². The normalized spacial score (nSPS) is 14.9. The van der Waals surface area contributed by atoms with Crippen LogP contribution in [-0.4, -0.2) is 45.8 Å². The Morgan fingerprint density at radius 1 is 1.15 bits per heavy atom. The lowest BCUT2D eigenvalue weighted by atomic mass is 10.0. The van der Waals surface area contributed by atoms with Gasteiger partial charge in [-0.15, -0.1) is 0 Å². The molecule has 1 aliphatic rings. The molecule has 0 aliphatic carbocycles. The van der Waals surface area contributed by atoms with Crippen molar-refractivity contribution in [3.8, 4) is 0 Å². The molecule has 2 aromatic carbocycles. The van der Waals surface area contributed by atoms with Gasteiger partial charge in [-0.05, 0) is 48.7 Å². The molecule has 0 saturated carbocycles. The molecule has 1 amide bonds. The molecule has 170 valence electrons. The Kier molecular flexibility index (Phi) is 7.26. The quantitative estimate of drug-likeness (QED) is 0.411. The van der Waals surface area contributed by atoms with Gasteiger partial charge in [0.1, 0.15) is 11.7 Å². The lowest BCUT2D eigenvalue weighted by Crippen LogP contribution is -2.49. The zero-order valence-corrected chi connectivity index (χ0v) is 18.2. The van der Waals surface area contributed by atoms with Crippen LogP contribution in [0.3, 0.4) is 0 Å². The number of rotatable bonds is 7. The average molecular weight is 448 g/mol. The number of anilines is 1. The van der Waals surface area contributed by atoms with E-state index < -0.39 is 0 Å². The minimum Gasteiger partial charge on any atom is -0.362 e. The molecule has 8 heteroatoms. The number of carbonyl (C=O) groups is 1. The Labute approximate surface area is 192 Å². The molecule has 7 nitrogen and oxygen atoms in total. The van der Waals surface area contributed by atoms with Crippen LogP contribution in [0.1, 0.15) is 29.0 Å². The summed E-state index contributed by atoms with van der Waals surface area (Å²) in [7, 11) is 0. The predicted molar refractivity (Wildman–Crippen MR) is 124 cm³/mol. The largest absolute Gasteiger partial charge is 0.362 e. The Hall–Kier alpha value is -3.78. The molecule has 0 spiro atoms. The number of nitrogens with zero attached hydrogens (tertiary/aromatic N) is 3. The highest BCUT2D eigenvalue weighted by molar-refractivity contribution is 6.08. The highest BCUT2D eigenvalue weighted by atomic mass is 19.1. The van der Waals surface area contributed by atoms with Crippen LogP contribution in [-0.2, 0) is 6.54 Å². The molecule has 0 unspecified atom stereocenters. The van der Waals surface area contributed by atoms with Gasteiger partial charge >= 0.3 is 0 Å². The van der Waals surface area contributed by atoms with Gasteiger partial charge in [0.05, 0.1) is 6.20 Å². The summed E-state index contributed by atoms with van der Waals surface area (Å²) in [6, 6.07) is 17.6. The molecular weight excluding hydrogens is 421 g/mol. The van der Waals surface area contributed by atoms with Gasteiger partial charge in [-0.25, -0.2) is 4.39 Å². The minimum absolute atomic E-state index is 0.0486. The van der Waals surface area contributed by atoms with Gasteiger partial charge in [0.15, 0.2) is 0 Å². The Balaban J connectivity index is 1.42. The number of likely N-dealkylation sites (tertiary alicyclic amines) is 1. The summed E-state index contributed by atoms with van der Waals surface area (Å²) in [4.78, 5) is 17.0. The van der Waals surface area contributed by atoms with Crippen LogP contribution in [0.15, 0.2) is 83.7 Å². The first-order valence-corrected chi connectivity index (χ1v) is 10.9. The molecule has 1 saturated heterocycles. The number of amides is 1. The summed E-state index contributed by atoms with van der Waals surface area (Å²) >= 11 is 0. The van der Waals surface area contributed by atoms with Crippen LogP contribution in [0.2, 0.25) is 0 Å². The molecule has 0 radical (unpaired) electrons. The van der Waals surface area contributed by atoms with Gasteiger partial charge in [-0.3, -0.25) is 20.0 Å². The van der Waals surface area contributed by atoms with Gasteiger partial charge in [-0.1, -0.05) is 35.5 Å². The first-order chi connectivity index (χ1) is 16.1. The maximum Gasteiger partial charge on any atom is 0.298 e. The minimum atomic E-state index is -0.384. The third kappa shape index (κ3) is 5.93. The summed E-state index contributed by atoms with van der Waals surface area (Å²) in [5.41, 5.74) is 1.94. The summed E-state index contributed by atoms with van der Waals surface area (Å²) in [6.45, 7) is 2.51. The number of hydrogen-bond acceptors (Lipinski definition) is 6. The van der Waals surface area contributed by atoms with Crippen molar-refractivity contribution in [2.45, 2.75) is 25.4 Å². The van der Waals surface area contributed by atoms with Crippen molar-refractivity contribution in [3.05, 3.63) is 96.3 Å². The highest BCUT2D eigenvalue weighted by Crippen LogP contribution is 2.21. The van der Waals surface area contributed by atoms with E-state index in [0.29, 0.717) is 5.69 Å². The van der Waals surface area contributed by atoms with Gasteiger partial charge in [0.25, 0.3) is 5.91 Å². The van der Waals surface area contributed by atoms with Crippen LogP contribution in [0, 0.1) is 11.2 Å². The molecule has 33 heavy (non-hydrogen) atoms. The molecule has 3 aromatic rings. The third-order valence-electron chi connectivity index (χ3n) is 5.63. The zero-order chi connectivity index (χ0) is 23.0. The van der Waals surface area contributed by atoms with E-state index >= 15 is 0 Å². The zero-order valence-electron chi connectivity index (χ0n) is 18.2. The SMILES string of the molecule is N=C(/C=C\Nc1ccc(F)cc1)N(C(=O)c1ccno1)C1CCN(Cc2ccccc2)CC1. The second-order valence-corrected chi connectivity index (χ2v) is 7.91. The Morgan fingerprint density at radius 2 is 1.88 bits per heavy atom. The molecular formula is C25H26FN5O2. The second kappa shape index (κ2) is 10.7. The summed E-state index contributed by atoms with van der Waals surface area (Å²) < 4.78 is 18.2. The first-order valence-electron chi connectivity index (χ1n) is 10.9. The van der Waals surface area contributed by atoms with E-state index in [4.69, 9.17) is 9.93 Å². The van der Waals surface area contributed by atoms with Crippen molar-refractivity contribution in [1.82, 2.24) is 15.0 Å². The van der Waals surface area contributed by atoms with Crippen LogP contribution in [0.5, 0.6) is 0 Å². The number of amidine groups is 1. The van der Waals surface area contributed by atoms with Crippen molar-refractivity contribution in [1.29, 1.82) is 5.41 Å². The van der Waals surface area contributed by atoms with Gasteiger partial charge in [0.2, 0.25) is 5.76 Å². The van der Waals surface area contributed by atoms with E-state index in [1.807, 2.05) is 18.2 Å². The Bertz CT molecular complexity index is 1080. The number of benzene rings is 2. The molecule has 2 heterocycles. The van der Waals surface area contributed by atoms with E-state index in [1.165, 1.54) is 40.9 Å². The predicted octanol–water partition coefficient (Wildman–Crippen LogP) is 4.52. The van der Waals surface area contributed by atoms with E-state index in [1.54, 1.807) is 18.3 Å². The number of hydrogen-bond donors (Lipinski definition) is 2. The molecule has 0 atom stereocenters. The van der Waals surface area contributed by atoms with Crippen LogP contribution in [0.25, 0.3) is 0 Å². The first kappa shape index (κ1) is 22.4. The van der Waals surface area contributed by atoms with Crippen molar-refractivity contribution < 1.29 is 13.7 Å². The maximum atomic E-state index is 13.1. The highest BCUT2D eigenvalue weighted by Gasteiger charge is 2.32. The fourth-order valence-corrected chi connectivity index (χ4v) is 3.94. The average Bonchev–Trinajstić information content (AvgIpc) is 3.37. The van der Waals surface area contributed by atoms with Crippen molar-refractivity contribution >= 4 is 17.4 Å². The Morgan fingerprint density at radius 3 is 2.55 bits per heavy atom. The number of nitrogens with one attached hydrogen (secondary N) is 2. The van der Waals surface area contributed by atoms with Crippen molar-refractivity contribution in [2.24, 2.45) is 0 Å². The van der Waals surface area contributed by atoms with Crippen molar-refractivity contribution in [3.63, 3.8) is 0 Å². The number of carbonyl (C=O) groups excluding carboxylic acids is 1. The topological polar surface area (TPSA) is 85.5 Å². The molecule has 1 fully saturated rings. The van der Waals surface area contributed by atoms with E-state index in [2.05, 4.69) is 27.5 Å². The standard InChI is InChI=1S/C25H26FN5O2/c26-20-6-8-21(9-7-20)28-14-11-24(27)31(25(32)23-10-15-29-33-23)22-12-16-30(17-13-22)18-19-4-2-1-3-5-19/h1-11,14-15,22,27-28H,12-13,16-18H2/b14-11-,27-24?. The molecule has 1 aromatic heterocycles. The number of aromatic nitrogens is 1. The fraction of sp³-hybridized carbons (Fsp3) is 0.240. The third-order valence-corrected chi connectivity index (χ3v) is 5.63. The van der Waals surface area contributed by atoms with Crippen LogP contribution in [0.4, 0.5) is 10.1 Å². The van der Waals surface area contributed by atoms with Crippen LogP contribution >= 0.6 is 0 Å². The monoisotopic (exact) mass is 447 g/mol.